The van der Waals surface area contributed by atoms with Crippen LogP contribution in [0.25, 0.3) is 0 Å². The molecule has 0 heterocycles. The van der Waals surface area contributed by atoms with Crippen LogP contribution in [0.2, 0.25) is 0 Å². The average Bonchev–Trinajstić information content (AvgIpc) is 2.24. The second-order valence-electron chi connectivity index (χ2n) is 3.48. The first-order valence-electron chi connectivity index (χ1n) is 5.27. The topological polar surface area (TPSA) is 21.3 Å². The Morgan fingerprint density at radius 3 is 2.87 bits per heavy atom. The highest BCUT2D eigenvalue weighted by Gasteiger charge is 2.09. The van der Waals surface area contributed by atoms with Crippen LogP contribution in [0, 0.1) is 5.82 Å². The number of ether oxygens (including phenoxy) is 1. The lowest BCUT2D eigenvalue weighted by molar-refractivity contribution is 0.102. The maximum Gasteiger partial charge on any atom is 0.123 e. The molecule has 15 heavy (non-hydrogen) atoms. The summed E-state index contributed by atoms with van der Waals surface area (Å²) in [6, 6.07) is 6.54. The molecule has 0 spiro atoms. The van der Waals surface area contributed by atoms with E-state index in [0.29, 0.717) is 6.54 Å². The maximum atomic E-state index is 13.0. The summed E-state index contributed by atoms with van der Waals surface area (Å²) in [5.41, 5.74) is 0.876. The first-order chi connectivity index (χ1) is 7.27. The molecule has 0 aliphatic heterocycles. The van der Waals surface area contributed by atoms with Crippen LogP contribution in [0.1, 0.15) is 25.0 Å². The van der Waals surface area contributed by atoms with Gasteiger partial charge in [0.05, 0.1) is 6.10 Å². The summed E-state index contributed by atoms with van der Waals surface area (Å²) in [6.07, 6.45) is 1.01. The van der Waals surface area contributed by atoms with Crippen molar-refractivity contribution in [1.82, 2.24) is 5.32 Å². The fraction of sp³-hybridized carbons (Fsp3) is 0.500. The monoisotopic (exact) mass is 211 g/mol. The number of hydrogen-bond acceptors (Lipinski definition) is 2. The molecule has 1 unspecified atom stereocenters. The van der Waals surface area contributed by atoms with Crippen LogP contribution in [0.4, 0.5) is 4.39 Å². The molecule has 84 valence electrons. The van der Waals surface area contributed by atoms with Crippen molar-refractivity contribution in [3.63, 3.8) is 0 Å². The van der Waals surface area contributed by atoms with E-state index >= 15 is 0 Å². The van der Waals surface area contributed by atoms with Gasteiger partial charge in [-0.05, 0) is 30.7 Å². The van der Waals surface area contributed by atoms with Gasteiger partial charge in [-0.3, -0.25) is 0 Å². The minimum absolute atomic E-state index is 0.0766. The van der Waals surface area contributed by atoms with Gasteiger partial charge in [-0.1, -0.05) is 19.1 Å². The van der Waals surface area contributed by atoms with Gasteiger partial charge >= 0.3 is 0 Å². The van der Waals surface area contributed by atoms with Gasteiger partial charge in [0.2, 0.25) is 0 Å². The third-order valence-corrected chi connectivity index (χ3v) is 2.26. The lowest BCUT2D eigenvalue weighted by atomic mass is 10.1. The number of halogens is 1. The van der Waals surface area contributed by atoms with E-state index in [9.17, 15) is 4.39 Å². The van der Waals surface area contributed by atoms with E-state index in [-0.39, 0.29) is 11.9 Å². The number of hydrogen-bond donors (Lipinski definition) is 1. The Morgan fingerprint density at radius 1 is 1.47 bits per heavy atom. The predicted molar refractivity (Wildman–Crippen MR) is 59.3 cm³/mol. The molecule has 0 amide bonds. The molecule has 0 saturated carbocycles. The zero-order valence-electron chi connectivity index (χ0n) is 9.29. The summed E-state index contributed by atoms with van der Waals surface area (Å²) in [6.45, 7) is 3.78. The normalized spacial score (nSPS) is 12.7. The van der Waals surface area contributed by atoms with Gasteiger partial charge in [0, 0.05) is 13.7 Å². The molecular weight excluding hydrogens is 193 g/mol. The minimum Gasteiger partial charge on any atom is -0.375 e. The molecule has 1 rings (SSSR count). The van der Waals surface area contributed by atoms with Gasteiger partial charge in [-0.15, -0.1) is 0 Å². The number of benzene rings is 1. The summed E-state index contributed by atoms with van der Waals surface area (Å²) in [5, 5.41) is 3.26. The number of rotatable bonds is 6. The van der Waals surface area contributed by atoms with Crippen molar-refractivity contribution in [2.45, 2.75) is 19.4 Å². The van der Waals surface area contributed by atoms with E-state index in [1.165, 1.54) is 12.1 Å². The van der Waals surface area contributed by atoms with Gasteiger partial charge in [-0.25, -0.2) is 4.39 Å². The molecule has 1 aromatic rings. The van der Waals surface area contributed by atoms with Gasteiger partial charge in [0.1, 0.15) is 5.82 Å². The van der Waals surface area contributed by atoms with E-state index < -0.39 is 0 Å². The Morgan fingerprint density at radius 2 is 2.27 bits per heavy atom. The quantitative estimate of drug-likeness (QED) is 0.730. The molecule has 0 saturated heterocycles. The van der Waals surface area contributed by atoms with Gasteiger partial charge in [0.15, 0.2) is 0 Å². The van der Waals surface area contributed by atoms with E-state index in [0.717, 1.165) is 18.5 Å². The van der Waals surface area contributed by atoms with Crippen LogP contribution in [-0.4, -0.2) is 20.2 Å². The Labute approximate surface area is 90.4 Å². The Kier molecular flexibility index (Phi) is 5.29. The highest BCUT2D eigenvalue weighted by Crippen LogP contribution is 2.16. The highest BCUT2D eigenvalue weighted by molar-refractivity contribution is 5.19. The summed E-state index contributed by atoms with van der Waals surface area (Å²) in [7, 11) is 1.64. The average molecular weight is 211 g/mol. The van der Waals surface area contributed by atoms with Gasteiger partial charge in [-0.2, -0.15) is 0 Å². The molecule has 3 heteroatoms. The number of methoxy groups -OCH3 is 1. The lowest BCUT2D eigenvalue weighted by Gasteiger charge is -2.16. The van der Waals surface area contributed by atoms with Crippen molar-refractivity contribution in [3.05, 3.63) is 35.6 Å². The maximum absolute atomic E-state index is 13.0. The van der Waals surface area contributed by atoms with Crippen LogP contribution in [0.3, 0.4) is 0 Å². The van der Waals surface area contributed by atoms with Crippen molar-refractivity contribution in [2.75, 3.05) is 20.2 Å². The van der Waals surface area contributed by atoms with E-state index in [1.54, 1.807) is 13.2 Å². The predicted octanol–water partition coefficient (Wildman–Crippen LogP) is 2.51. The summed E-state index contributed by atoms with van der Waals surface area (Å²) in [4.78, 5) is 0. The van der Waals surface area contributed by atoms with Gasteiger partial charge < -0.3 is 10.1 Å². The van der Waals surface area contributed by atoms with E-state index in [2.05, 4.69) is 12.2 Å². The smallest absolute Gasteiger partial charge is 0.123 e. The van der Waals surface area contributed by atoms with E-state index in [4.69, 9.17) is 4.74 Å². The minimum atomic E-state index is -0.218. The molecule has 0 bridgehead atoms. The standard InChI is InChI=1S/C12H18FNO/c1-3-7-14-9-12(15-2)10-5-4-6-11(13)8-10/h4-6,8,12,14H,3,7,9H2,1-2H3. The molecule has 0 fully saturated rings. The van der Waals surface area contributed by atoms with Crippen molar-refractivity contribution in [2.24, 2.45) is 0 Å². The Bertz CT molecular complexity index is 291. The molecule has 1 N–H and O–H groups in total. The third-order valence-electron chi connectivity index (χ3n) is 2.26. The Balaban J connectivity index is 2.57. The Hall–Kier alpha value is -0.930. The molecular formula is C12H18FNO. The molecule has 1 aromatic carbocycles. The third kappa shape index (κ3) is 3.98. The first-order valence-corrected chi connectivity index (χ1v) is 5.27. The van der Waals surface area contributed by atoms with Crippen LogP contribution in [0.5, 0.6) is 0 Å². The fourth-order valence-corrected chi connectivity index (χ4v) is 1.45. The SMILES string of the molecule is CCCNCC(OC)c1cccc(F)c1. The van der Waals surface area contributed by atoms with Gasteiger partial charge in [0.25, 0.3) is 0 Å². The van der Waals surface area contributed by atoms with Crippen LogP contribution < -0.4 is 5.32 Å². The van der Waals surface area contributed by atoms with Crippen LogP contribution >= 0.6 is 0 Å². The van der Waals surface area contributed by atoms with E-state index in [1.807, 2.05) is 6.07 Å². The highest BCUT2D eigenvalue weighted by atomic mass is 19.1. The molecule has 0 radical (unpaired) electrons. The largest absolute Gasteiger partial charge is 0.375 e. The van der Waals surface area contributed by atoms with Crippen LogP contribution in [-0.2, 0) is 4.74 Å². The molecule has 0 aliphatic carbocycles. The molecule has 1 atom stereocenters. The summed E-state index contributed by atoms with van der Waals surface area (Å²) in [5.74, 6) is -0.218. The zero-order chi connectivity index (χ0) is 11.1. The number of nitrogens with one attached hydrogen (secondary N) is 1. The first kappa shape index (κ1) is 12.1. The van der Waals surface area contributed by atoms with Crippen molar-refractivity contribution in [3.8, 4) is 0 Å². The molecule has 0 aromatic heterocycles. The molecule has 2 nitrogen and oxygen atoms in total. The summed E-state index contributed by atoms with van der Waals surface area (Å²) < 4.78 is 18.3. The fourth-order valence-electron chi connectivity index (χ4n) is 1.45. The zero-order valence-corrected chi connectivity index (χ0v) is 9.29. The van der Waals surface area contributed by atoms with Crippen molar-refractivity contribution in [1.29, 1.82) is 0 Å². The van der Waals surface area contributed by atoms with Crippen molar-refractivity contribution >= 4 is 0 Å². The van der Waals surface area contributed by atoms with Crippen LogP contribution in [0.15, 0.2) is 24.3 Å². The van der Waals surface area contributed by atoms with Crippen molar-refractivity contribution < 1.29 is 9.13 Å². The lowest BCUT2D eigenvalue weighted by Crippen LogP contribution is -2.23. The second kappa shape index (κ2) is 6.53. The second-order valence-corrected chi connectivity index (χ2v) is 3.48. The molecule has 0 aliphatic rings. The summed E-state index contributed by atoms with van der Waals surface area (Å²) >= 11 is 0.